The highest BCUT2D eigenvalue weighted by molar-refractivity contribution is 7.69. The van der Waals surface area contributed by atoms with Gasteiger partial charge in [0.05, 0.1) is 0 Å². The number of alkyl halides is 1. The highest BCUT2D eigenvalue weighted by Crippen LogP contribution is 2.68. The zero-order valence-electron chi connectivity index (χ0n) is 6.92. The van der Waals surface area contributed by atoms with Gasteiger partial charge in [-0.25, -0.2) is 0 Å². The van der Waals surface area contributed by atoms with E-state index in [0.29, 0.717) is 0 Å². The molecular formula is C5H7ClO6P2-4. The second-order valence-electron chi connectivity index (χ2n) is 3.32. The van der Waals surface area contributed by atoms with Crippen LogP contribution in [0.25, 0.3) is 0 Å². The Morgan fingerprint density at radius 2 is 1.57 bits per heavy atom. The average Bonchev–Trinajstić information content (AvgIpc) is 2.28. The second kappa shape index (κ2) is 3.56. The van der Waals surface area contributed by atoms with Crippen LogP contribution in [0, 0.1) is 0 Å². The van der Waals surface area contributed by atoms with Crippen molar-refractivity contribution in [1.29, 1.82) is 0 Å². The van der Waals surface area contributed by atoms with Crippen LogP contribution in [0.2, 0.25) is 0 Å². The zero-order valence-corrected chi connectivity index (χ0v) is 9.47. The minimum absolute atomic E-state index is 0.0461. The van der Waals surface area contributed by atoms with E-state index in [1.807, 2.05) is 0 Å². The fourth-order valence-corrected chi connectivity index (χ4v) is 5.08. The fraction of sp³-hybridized carbons (Fsp3) is 1.00. The van der Waals surface area contributed by atoms with Gasteiger partial charge < -0.3 is 28.7 Å². The summed E-state index contributed by atoms with van der Waals surface area (Å²) in [4.78, 5) is 40.5. The standard InChI is InChI=1S/C5H11ClO6P2/c6-4-1-2-5(3-4,13(7,8)9)14(10,11)12/h4H,1-3H2,(H2,7,8,9)(H2,10,11,12)/p-4. The van der Waals surface area contributed by atoms with E-state index in [4.69, 9.17) is 11.6 Å². The van der Waals surface area contributed by atoms with Crippen LogP contribution in [0.4, 0.5) is 0 Å². The van der Waals surface area contributed by atoms with Crippen molar-refractivity contribution in [2.24, 2.45) is 0 Å². The maximum atomic E-state index is 10.8. The summed E-state index contributed by atoms with van der Waals surface area (Å²) in [5.74, 6) is 0. The summed E-state index contributed by atoms with van der Waals surface area (Å²) < 4.78 is 21.6. The molecule has 0 spiro atoms. The maximum Gasteiger partial charge on any atom is 0.0349 e. The van der Waals surface area contributed by atoms with Gasteiger partial charge in [0.1, 0.15) is 0 Å². The summed E-state index contributed by atoms with van der Waals surface area (Å²) in [5, 5.41) is -0.748. The molecule has 0 aromatic heterocycles. The van der Waals surface area contributed by atoms with Crippen molar-refractivity contribution in [2.45, 2.75) is 29.5 Å². The summed E-state index contributed by atoms with van der Waals surface area (Å²) in [6.07, 6.45) is -1.04. The first-order valence-corrected chi connectivity index (χ1v) is 7.31. The lowest BCUT2D eigenvalue weighted by molar-refractivity contribution is -0.336. The van der Waals surface area contributed by atoms with Crippen LogP contribution in [0.1, 0.15) is 19.3 Å². The summed E-state index contributed by atoms with van der Waals surface area (Å²) >= 11 is 5.51. The summed E-state index contributed by atoms with van der Waals surface area (Å²) in [5.41, 5.74) is 0. The highest BCUT2D eigenvalue weighted by atomic mass is 35.5. The van der Waals surface area contributed by atoms with Crippen LogP contribution < -0.4 is 19.6 Å². The first-order valence-electron chi connectivity index (χ1n) is 3.78. The van der Waals surface area contributed by atoms with Crippen molar-refractivity contribution < 1.29 is 28.7 Å². The smallest absolute Gasteiger partial charge is 0.0349 e. The average molecular weight is 261 g/mol. The van der Waals surface area contributed by atoms with Crippen molar-refractivity contribution in [3.8, 4) is 0 Å². The van der Waals surface area contributed by atoms with E-state index in [1.54, 1.807) is 0 Å². The Morgan fingerprint density at radius 3 is 1.71 bits per heavy atom. The number of hydrogen-bond donors (Lipinski definition) is 0. The Hall–Kier alpha value is 0.590. The maximum absolute atomic E-state index is 10.8. The van der Waals surface area contributed by atoms with Gasteiger partial charge in [-0.3, -0.25) is 0 Å². The molecule has 1 fully saturated rings. The molecule has 84 valence electrons. The predicted octanol–water partition coefficient (Wildman–Crippen LogP) is -1.70. The third-order valence-electron chi connectivity index (χ3n) is 2.43. The molecule has 6 nitrogen and oxygen atoms in total. The lowest BCUT2D eigenvalue weighted by atomic mass is 10.4. The lowest BCUT2D eigenvalue weighted by Crippen LogP contribution is -2.44. The Kier molecular flexibility index (Phi) is 3.22. The molecule has 0 aromatic rings. The molecule has 0 bridgehead atoms. The fourth-order valence-electron chi connectivity index (χ4n) is 1.59. The Bertz CT molecular complexity index is 296. The molecule has 9 heteroatoms. The minimum atomic E-state index is -5.48. The van der Waals surface area contributed by atoms with Gasteiger partial charge in [0.2, 0.25) is 0 Å². The van der Waals surface area contributed by atoms with Gasteiger partial charge in [0.25, 0.3) is 0 Å². The van der Waals surface area contributed by atoms with E-state index in [1.165, 1.54) is 0 Å². The molecule has 1 aliphatic rings. The molecule has 0 aromatic carbocycles. The summed E-state index contributed by atoms with van der Waals surface area (Å²) in [6.45, 7) is 0. The second-order valence-corrected chi connectivity index (χ2v) is 7.99. The molecule has 1 atom stereocenters. The molecule has 0 saturated heterocycles. The molecule has 1 unspecified atom stereocenters. The molecule has 1 rings (SSSR count). The topological polar surface area (TPSA) is 126 Å². The van der Waals surface area contributed by atoms with Gasteiger partial charge in [-0.2, -0.15) is 0 Å². The quantitative estimate of drug-likeness (QED) is 0.430. The molecule has 0 N–H and O–H groups in total. The van der Waals surface area contributed by atoms with Crippen LogP contribution in [-0.4, -0.2) is 10.3 Å². The van der Waals surface area contributed by atoms with Crippen LogP contribution >= 0.6 is 26.8 Å². The van der Waals surface area contributed by atoms with E-state index in [2.05, 4.69) is 0 Å². The zero-order chi connectivity index (χ0) is 11.2. The van der Waals surface area contributed by atoms with Gasteiger partial charge in [0.15, 0.2) is 0 Å². The molecule has 14 heavy (non-hydrogen) atoms. The predicted molar refractivity (Wildman–Crippen MR) is 41.4 cm³/mol. The molecule has 1 saturated carbocycles. The Morgan fingerprint density at radius 1 is 1.14 bits per heavy atom. The van der Waals surface area contributed by atoms with Crippen molar-refractivity contribution >= 4 is 26.8 Å². The molecule has 1 aliphatic carbocycles. The van der Waals surface area contributed by atoms with Crippen LogP contribution in [0.15, 0.2) is 0 Å². The van der Waals surface area contributed by atoms with Gasteiger partial charge in [0, 0.05) is 10.3 Å². The van der Waals surface area contributed by atoms with Crippen LogP contribution in [0.3, 0.4) is 0 Å². The summed E-state index contributed by atoms with van der Waals surface area (Å²) in [6, 6.07) is 0. The lowest BCUT2D eigenvalue weighted by Gasteiger charge is -2.58. The van der Waals surface area contributed by atoms with Crippen molar-refractivity contribution in [1.82, 2.24) is 0 Å². The highest BCUT2D eigenvalue weighted by Gasteiger charge is 2.44. The van der Waals surface area contributed by atoms with Gasteiger partial charge in [-0.05, 0) is 19.3 Å². The minimum Gasteiger partial charge on any atom is -0.810 e. The van der Waals surface area contributed by atoms with Crippen LogP contribution in [-0.2, 0) is 9.13 Å². The summed E-state index contributed by atoms with van der Waals surface area (Å²) in [7, 11) is -11.0. The SMILES string of the molecule is O=P([O-])([O-])C1(P(=O)([O-])[O-])CCC(Cl)C1. The van der Waals surface area contributed by atoms with Gasteiger partial charge >= 0.3 is 0 Å². The molecule has 0 radical (unpaired) electrons. The molecule has 0 aliphatic heterocycles. The van der Waals surface area contributed by atoms with E-state index < -0.39 is 38.3 Å². The van der Waals surface area contributed by atoms with E-state index in [0.717, 1.165) is 0 Å². The Balaban J connectivity index is 3.19. The largest absolute Gasteiger partial charge is 0.810 e. The normalized spacial score (nSPS) is 27.9. The number of hydrogen-bond acceptors (Lipinski definition) is 6. The van der Waals surface area contributed by atoms with E-state index >= 15 is 0 Å². The third-order valence-corrected chi connectivity index (χ3v) is 7.12. The first-order chi connectivity index (χ1) is 6.10. The number of rotatable bonds is 2. The van der Waals surface area contributed by atoms with Gasteiger partial charge in [-0.1, -0.05) is 15.2 Å². The first kappa shape index (κ1) is 12.7. The molecule has 0 amide bonds. The van der Waals surface area contributed by atoms with Crippen molar-refractivity contribution in [3.05, 3.63) is 0 Å². The molecule has 0 heterocycles. The van der Waals surface area contributed by atoms with E-state index in [-0.39, 0.29) is 6.42 Å². The molecular weight excluding hydrogens is 253 g/mol. The Labute approximate surface area is 85.6 Å². The van der Waals surface area contributed by atoms with Crippen LogP contribution in [0.5, 0.6) is 0 Å². The van der Waals surface area contributed by atoms with Gasteiger partial charge in [-0.15, -0.1) is 11.6 Å². The number of halogens is 1. The monoisotopic (exact) mass is 260 g/mol. The van der Waals surface area contributed by atoms with Crippen molar-refractivity contribution in [2.75, 3.05) is 0 Å². The van der Waals surface area contributed by atoms with E-state index in [9.17, 15) is 28.7 Å². The van der Waals surface area contributed by atoms with Crippen molar-refractivity contribution in [3.63, 3.8) is 0 Å². The third kappa shape index (κ3) is 1.93.